The molecule has 1 aliphatic heterocycles. The number of rotatable bonds is 4. The summed E-state index contributed by atoms with van der Waals surface area (Å²) in [6.45, 7) is 1.86. The molecule has 2 aromatic rings. The number of carbonyl (C=O) groups excluding carboxylic acids is 2. The second-order valence-electron chi connectivity index (χ2n) is 5.80. The fourth-order valence-electron chi connectivity index (χ4n) is 2.60. The third-order valence-electron chi connectivity index (χ3n) is 4.11. The molecule has 0 radical (unpaired) electrons. The molecular formula is C19H16BrClN2O4. The monoisotopic (exact) mass is 450 g/mol. The molecule has 140 valence electrons. The molecular weight excluding hydrogens is 436 g/mol. The number of aryl methyl sites for hydroxylation is 1. The van der Waals surface area contributed by atoms with Crippen molar-refractivity contribution in [2.24, 2.45) is 0 Å². The van der Waals surface area contributed by atoms with Crippen molar-refractivity contribution in [1.82, 2.24) is 5.43 Å². The molecule has 1 fully saturated rings. The number of nitrogens with zero attached hydrogens (tertiary/aromatic N) is 1. The maximum Gasteiger partial charge on any atom is 0.282 e. The Bertz CT molecular complexity index is 974. The van der Waals surface area contributed by atoms with Gasteiger partial charge in [-0.3, -0.25) is 15.0 Å². The lowest BCUT2D eigenvalue weighted by molar-refractivity contribution is -0.117. The van der Waals surface area contributed by atoms with Crippen molar-refractivity contribution in [3.8, 4) is 11.5 Å². The number of hydrogen-bond acceptors (Lipinski definition) is 4. The highest BCUT2D eigenvalue weighted by molar-refractivity contribution is 9.10. The summed E-state index contributed by atoms with van der Waals surface area (Å²) in [7, 11) is 3.04. The predicted octanol–water partition coefficient (Wildman–Crippen LogP) is 3.89. The molecule has 0 atom stereocenters. The van der Waals surface area contributed by atoms with E-state index >= 15 is 0 Å². The Hall–Kier alpha value is -2.51. The number of hydrazine groups is 1. The average molecular weight is 452 g/mol. The normalized spacial score (nSPS) is 15.3. The van der Waals surface area contributed by atoms with Gasteiger partial charge in [0.2, 0.25) is 0 Å². The Morgan fingerprint density at radius 2 is 1.78 bits per heavy atom. The standard InChI is InChI=1S/C19H16BrClN2O4/c1-10-4-5-12(8-15(10)21)23-19(25)13(18(24)22-23)6-11-7-16(26-2)17(27-3)9-14(11)20/h4-9H,1-3H3,(H,22,24)/b13-6+. The molecule has 27 heavy (non-hydrogen) atoms. The highest BCUT2D eigenvalue weighted by Gasteiger charge is 2.34. The van der Waals surface area contributed by atoms with Crippen LogP contribution >= 0.6 is 27.5 Å². The number of anilines is 1. The molecule has 3 rings (SSSR count). The van der Waals surface area contributed by atoms with Crippen molar-refractivity contribution >= 4 is 51.1 Å². The molecule has 0 saturated carbocycles. The van der Waals surface area contributed by atoms with Gasteiger partial charge in [-0.2, -0.15) is 0 Å². The van der Waals surface area contributed by atoms with Crippen LogP contribution in [0.5, 0.6) is 11.5 Å². The summed E-state index contributed by atoms with van der Waals surface area (Å²) in [6, 6.07) is 8.52. The van der Waals surface area contributed by atoms with Gasteiger partial charge in [-0.25, -0.2) is 5.01 Å². The van der Waals surface area contributed by atoms with Crippen molar-refractivity contribution in [3.05, 3.63) is 56.5 Å². The van der Waals surface area contributed by atoms with Gasteiger partial charge in [-0.05, 0) is 48.4 Å². The van der Waals surface area contributed by atoms with E-state index in [2.05, 4.69) is 21.4 Å². The van der Waals surface area contributed by atoms with Gasteiger partial charge in [-0.1, -0.05) is 33.6 Å². The van der Waals surface area contributed by atoms with E-state index in [4.69, 9.17) is 21.1 Å². The summed E-state index contributed by atoms with van der Waals surface area (Å²) < 4.78 is 11.2. The first kappa shape index (κ1) is 19.3. The Morgan fingerprint density at radius 3 is 2.41 bits per heavy atom. The maximum absolute atomic E-state index is 12.8. The molecule has 0 bridgehead atoms. The van der Waals surface area contributed by atoms with Crippen LogP contribution in [0.3, 0.4) is 0 Å². The summed E-state index contributed by atoms with van der Waals surface area (Å²) in [6.07, 6.45) is 1.50. The molecule has 0 aromatic heterocycles. The predicted molar refractivity (Wildman–Crippen MR) is 107 cm³/mol. The lowest BCUT2D eigenvalue weighted by Gasteiger charge is -2.15. The first-order chi connectivity index (χ1) is 12.8. The van der Waals surface area contributed by atoms with E-state index in [0.29, 0.717) is 32.2 Å². The minimum atomic E-state index is -0.501. The molecule has 0 spiro atoms. The summed E-state index contributed by atoms with van der Waals surface area (Å²) in [5, 5.41) is 1.68. The average Bonchev–Trinajstić information content (AvgIpc) is 2.93. The van der Waals surface area contributed by atoms with Gasteiger partial charge in [0, 0.05) is 9.50 Å². The number of halogens is 2. The first-order valence-corrected chi connectivity index (χ1v) is 9.07. The smallest absolute Gasteiger partial charge is 0.282 e. The largest absolute Gasteiger partial charge is 0.493 e. The van der Waals surface area contributed by atoms with Crippen LogP contribution in [-0.2, 0) is 9.59 Å². The molecule has 0 aliphatic carbocycles. The maximum atomic E-state index is 12.8. The van der Waals surface area contributed by atoms with Gasteiger partial charge < -0.3 is 9.47 Å². The van der Waals surface area contributed by atoms with Crippen LogP contribution in [0.4, 0.5) is 5.69 Å². The summed E-state index contributed by atoms with van der Waals surface area (Å²) >= 11 is 9.55. The molecule has 1 N–H and O–H groups in total. The van der Waals surface area contributed by atoms with Crippen molar-refractivity contribution in [2.75, 3.05) is 19.2 Å². The van der Waals surface area contributed by atoms with E-state index in [-0.39, 0.29) is 5.57 Å². The summed E-state index contributed by atoms with van der Waals surface area (Å²) in [5.41, 5.74) is 4.52. The quantitative estimate of drug-likeness (QED) is 0.566. The van der Waals surface area contributed by atoms with E-state index < -0.39 is 11.8 Å². The van der Waals surface area contributed by atoms with Crippen molar-refractivity contribution in [2.45, 2.75) is 6.92 Å². The van der Waals surface area contributed by atoms with Crippen LogP contribution in [0.1, 0.15) is 11.1 Å². The van der Waals surface area contributed by atoms with E-state index in [1.807, 2.05) is 6.92 Å². The zero-order valence-electron chi connectivity index (χ0n) is 14.8. The second kappa shape index (κ2) is 7.62. The number of carbonyl (C=O) groups is 2. The summed E-state index contributed by atoms with van der Waals surface area (Å²) in [4.78, 5) is 25.1. The second-order valence-corrected chi connectivity index (χ2v) is 7.06. The zero-order valence-corrected chi connectivity index (χ0v) is 17.1. The topological polar surface area (TPSA) is 67.9 Å². The molecule has 1 heterocycles. The van der Waals surface area contributed by atoms with Gasteiger partial charge >= 0.3 is 0 Å². The Balaban J connectivity index is 1.99. The Morgan fingerprint density at radius 1 is 1.11 bits per heavy atom. The lowest BCUT2D eigenvalue weighted by Crippen LogP contribution is -2.35. The molecule has 6 nitrogen and oxygen atoms in total. The van der Waals surface area contributed by atoms with Crippen molar-refractivity contribution in [3.63, 3.8) is 0 Å². The van der Waals surface area contributed by atoms with Crippen LogP contribution in [0.25, 0.3) is 6.08 Å². The van der Waals surface area contributed by atoms with Crippen LogP contribution in [-0.4, -0.2) is 26.0 Å². The van der Waals surface area contributed by atoms with E-state index in [9.17, 15) is 9.59 Å². The van der Waals surface area contributed by atoms with Crippen molar-refractivity contribution < 1.29 is 19.1 Å². The van der Waals surface area contributed by atoms with Gasteiger partial charge in [0.15, 0.2) is 11.5 Å². The highest BCUT2D eigenvalue weighted by atomic mass is 79.9. The molecule has 1 aliphatic rings. The van der Waals surface area contributed by atoms with E-state index in [0.717, 1.165) is 5.56 Å². The molecule has 8 heteroatoms. The van der Waals surface area contributed by atoms with Gasteiger partial charge in [-0.15, -0.1) is 0 Å². The van der Waals surface area contributed by atoms with E-state index in [1.165, 1.54) is 25.3 Å². The summed E-state index contributed by atoms with van der Waals surface area (Å²) in [5.74, 6) is 0.0465. The van der Waals surface area contributed by atoms with Crippen LogP contribution in [0, 0.1) is 6.92 Å². The number of ether oxygens (including phenoxy) is 2. The Kier molecular flexibility index (Phi) is 5.43. The Labute approximate surface area is 169 Å². The van der Waals surface area contributed by atoms with Crippen molar-refractivity contribution in [1.29, 1.82) is 0 Å². The fraction of sp³-hybridized carbons (Fsp3) is 0.158. The number of hydrogen-bond donors (Lipinski definition) is 1. The van der Waals surface area contributed by atoms with Gasteiger partial charge in [0.1, 0.15) is 5.57 Å². The van der Waals surface area contributed by atoms with E-state index in [1.54, 1.807) is 30.3 Å². The highest BCUT2D eigenvalue weighted by Crippen LogP contribution is 2.35. The van der Waals surface area contributed by atoms with Crippen LogP contribution in [0.15, 0.2) is 40.4 Å². The number of methoxy groups -OCH3 is 2. The minimum Gasteiger partial charge on any atom is -0.493 e. The zero-order chi connectivity index (χ0) is 19.7. The fourth-order valence-corrected chi connectivity index (χ4v) is 3.21. The number of benzene rings is 2. The molecule has 2 amide bonds. The third kappa shape index (κ3) is 3.65. The van der Waals surface area contributed by atoms with Gasteiger partial charge in [0.05, 0.1) is 19.9 Å². The SMILES string of the molecule is COc1cc(Br)c(/C=C2\C(=O)NN(c3ccc(C)c(Cl)c3)C2=O)cc1OC. The lowest BCUT2D eigenvalue weighted by atomic mass is 10.1. The first-order valence-electron chi connectivity index (χ1n) is 7.90. The number of nitrogens with one attached hydrogen (secondary N) is 1. The molecule has 0 unspecified atom stereocenters. The van der Waals surface area contributed by atoms with Crippen LogP contribution < -0.4 is 19.9 Å². The number of amides is 2. The third-order valence-corrected chi connectivity index (χ3v) is 5.20. The molecule has 1 saturated heterocycles. The van der Waals surface area contributed by atoms with Gasteiger partial charge in [0.25, 0.3) is 11.8 Å². The molecule has 2 aromatic carbocycles. The minimum absolute atomic E-state index is 0.000354. The van der Waals surface area contributed by atoms with Crippen LogP contribution in [0.2, 0.25) is 5.02 Å².